The molecule has 12 nitrogen and oxygen atoms in total. The Bertz CT molecular complexity index is 792. The summed E-state index contributed by atoms with van der Waals surface area (Å²) in [5.74, 6) is -4.24. The van der Waals surface area contributed by atoms with Crippen LogP contribution < -0.4 is 10.6 Å². The summed E-state index contributed by atoms with van der Waals surface area (Å²) in [6, 6.07) is 2.00. The summed E-state index contributed by atoms with van der Waals surface area (Å²) in [6.45, 7) is 0. The number of anilines is 2. The summed E-state index contributed by atoms with van der Waals surface area (Å²) in [6.07, 6.45) is -0.700. The van der Waals surface area contributed by atoms with E-state index in [1.807, 2.05) is 0 Å². The van der Waals surface area contributed by atoms with E-state index in [4.69, 9.17) is 10.2 Å². The van der Waals surface area contributed by atoms with Crippen molar-refractivity contribution in [2.45, 2.75) is 38.5 Å². The van der Waals surface area contributed by atoms with Crippen molar-refractivity contribution in [3.63, 3.8) is 0 Å². The molecule has 28 heavy (non-hydrogen) atoms. The van der Waals surface area contributed by atoms with Crippen molar-refractivity contribution in [1.82, 2.24) is 0 Å². The maximum absolute atomic E-state index is 11.8. The number of hydrogen-bond donors (Lipinski definition) is 5. The second-order valence-electron chi connectivity index (χ2n) is 5.74. The van der Waals surface area contributed by atoms with E-state index in [2.05, 4.69) is 10.6 Å². The number of aliphatic carboxylic acids is 2. The van der Waals surface area contributed by atoms with E-state index in [0.29, 0.717) is 0 Å². The van der Waals surface area contributed by atoms with Gasteiger partial charge in [0.15, 0.2) is 0 Å². The minimum absolute atomic E-state index is 0.0318. The molecule has 0 radical (unpaired) electrons. The molecular formula is C16H19N3O9. The molecule has 0 fully saturated rings. The van der Waals surface area contributed by atoms with E-state index >= 15 is 0 Å². The van der Waals surface area contributed by atoms with Crippen molar-refractivity contribution in [3.8, 4) is 5.75 Å². The highest BCUT2D eigenvalue weighted by Gasteiger charge is 2.21. The molecule has 0 aromatic heterocycles. The minimum Gasteiger partial charge on any atom is -0.501 e. The molecule has 1 rings (SSSR count). The summed E-state index contributed by atoms with van der Waals surface area (Å²) in [5.41, 5.74) is -1.16. The molecule has 0 unspecified atom stereocenters. The molecule has 1 aromatic rings. The zero-order valence-electron chi connectivity index (χ0n) is 14.6. The summed E-state index contributed by atoms with van der Waals surface area (Å²) in [7, 11) is 0. The number of nitrogens with one attached hydrogen (secondary N) is 2. The molecule has 0 atom stereocenters. The topological polar surface area (TPSA) is 196 Å². The minimum atomic E-state index is -1.08. The number of carboxylic acid groups (broad SMARTS) is 2. The number of hydrogen-bond acceptors (Lipinski definition) is 7. The van der Waals surface area contributed by atoms with Gasteiger partial charge in [-0.2, -0.15) is 0 Å². The third-order valence-electron chi connectivity index (χ3n) is 3.43. The van der Waals surface area contributed by atoms with Gasteiger partial charge in [-0.05, 0) is 18.9 Å². The molecule has 0 aliphatic rings. The van der Waals surface area contributed by atoms with Crippen LogP contribution in [0.1, 0.15) is 38.5 Å². The fraction of sp³-hybridized carbons (Fsp3) is 0.375. The lowest BCUT2D eigenvalue weighted by Gasteiger charge is -2.11. The zero-order valence-corrected chi connectivity index (χ0v) is 14.6. The Balaban J connectivity index is 2.90. The van der Waals surface area contributed by atoms with Gasteiger partial charge >= 0.3 is 17.6 Å². The number of carbonyl (C=O) groups excluding carboxylic acids is 2. The lowest BCUT2D eigenvalue weighted by atomic mass is 10.2. The van der Waals surface area contributed by atoms with E-state index in [1.54, 1.807) is 0 Å². The maximum Gasteiger partial charge on any atom is 0.314 e. The first-order valence-corrected chi connectivity index (χ1v) is 8.14. The quantitative estimate of drug-likeness (QED) is 0.160. The zero-order chi connectivity index (χ0) is 21.3. The largest absolute Gasteiger partial charge is 0.501 e. The lowest BCUT2D eigenvalue weighted by molar-refractivity contribution is -0.385. The lowest BCUT2D eigenvalue weighted by Crippen LogP contribution is -2.14. The Morgan fingerprint density at radius 3 is 1.86 bits per heavy atom. The molecule has 2 amide bonds. The van der Waals surface area contributed by atoms with E-state index in [9.17, 15) is 34.4 Å². The number of amides is 2. The number of carboxylic acids is 2. The molecule has 0 spiro atoms. The van der Waals surface area contributed by atoms with Crippen LogP contribution in [0.5, 0.6) is 5.75 Å². The highest BCUT2D eigenvalue weighted by atomic mass is 16.6. The van der Waals surface area contributed by atoms with Gasteiger partial charge in [0, 0.05) is 37.4 Å². The molecule has 5 N–H and O–H groups in total. The van der Waals surface area contributed by atoms with Crippen LogP contribution in [0.15, 0.2) is 12.1 Å². The van der Waals surface area contributed by atoms with Crippen LogP contribution in [0.3, 0.4) is 0 Å². The van der Waals surface area contributed by atoms with Gasteiger partial charge in [0.1, 0.15) is 0 Å². The molecule has 0 saturated heterocycles. The number of nitro groups is 1. The number of nitro benzene ring substituents is 1. The molecule has 12 heteroatoms. The van der Waals surface area contributed by atoms with Crippen LogP contribution in [0, 0.1) is 10.1 Å². The molecule has 152 valence electrons. The second-order valence-corrected chi connectivity index (χ2v) is 5.74. The SMILES string of the molecule is O=C(O)CCCC(=O)Nc1cc(NC(=O)CCCC(=O)O)c(O)c([N+](=O)[O-])c1. The molecule has 0 saturated carbocycles. The Morgan fingerprint density at radius 1 is 0.893 bits per heavy atom. The molecule has 0 heterocycles. The number of benzene rings is 1. The number of phenolic OH excluding ortho intramolecular Hbond substituents is 1. The van der Waals surface area contributed by atoms with Gasteiger partial charge in [-0.25, -0.2) is 0 Å². The van der Waals surface area contributed by atoms with Gasteiger partial charge in [0.25, 0.3) is 0 Å². The number of rotatable bonds is 11. The summed E-state index contributed by atoms with van der Waals surface area (Å²) < 4.78 is 0. The van der Waals surface area contributed by atoms with Gasteiger partial charge in [-0.3, -0.25) is 29.3 Å². The smallest absolute Gasteiger partial charge is 0.314 e. The van der Waals surface area contributed by atoms with E-state index in [1.165, 1.54) is 0 Å². The summed E-state index contributed by atoms with van der Waals surface area (Å²) in [5, 5.41) is 42.7. The highest BCUT2D eigenvalue weighted by molar-refractivity contribution is 5.97. The van der Waals surface area contributed by atoms with Crippen LogP contribution in [-0.2, 0) is 19.2 Å². The van der Waals surface area contributed by atoms with Crippen molar-refractivity contribution >= 4 is 40.8 Å². The third-order valence-corrected chi connectivity index (χ3v) is 3.43. The Kier molecular flexibility index (Phi) is 8.34. The van der Waals surface area contributed by atoms with Gasteiger partial charge in [0.05, 0.1) is 10.6 Å². The van der Waals surface area contributed by atoms with Crippen molar-refractivity contribution in [3.05, 3.63) is 22.2 Å². The normalized spacial score (nSPS) is 10.1. The van der Waals surface area contributed by atoms with Crippen molar-refractivity contribution in [2.75, 3.05) is 10.6 Å². The molecular weight excluding hydrogens is 378 g/mol. The number of aromatic hydroxyl groups is 1. The van der Waals surface area contributed by atoms with Crippen molar-refractivity contribution < 1.29 is 39.4 Å². The number of nitrogens with zero attached hydrogens (tertiary/aromatic N) is 1. The fourth-order valence-electron chi connectivity index (χ4n) is 2.16. The third kappa shape index (κ3) is 7.68. The van der Waals surface area contributed by atoms with Crippen LogP contribution in [-0.4, -0.2) is 44.0 Å². The first-order chi connectivity index (χ1) is 13.1. The molecule has 0 aliphatic carbocycles. The average Bonchev–Trinajstić information content (AvgIpc) is 2.56. The average molecular weight is 397 g/mol. The molecule has 0 aliphatic heterocycles. The fourth-order valence-corrected chi connectivity index (χ4v) is 2.16. The second kappa shape index (κ2) is 10.4. The van der Waals surface area contributed by atoms with E-state index in [0.717, 1.165) is 12.1 Å². The van der Waals surface area contributed by atoms with Crippen LogP contribution in [0.25, 0.3) is 0 Å². The first kappa shape index (κ1) is 22.3. The van der Waals surface area contributed by atoms with Crippen LogP contribution >= 0.6 is 0 Å². The van der Waals surface area contributed by atoms with Gasteiger partial charge in [0.2, 0.25) is 17.6 Å². The van der Waals surface area contributed by atoms with Crippen LogP contribution in [0.4, 0.5) is 17.1 Å². The van der Waals surface area contributed by atoms with Gasteiger partial charge in [-0.15, -0.1) is 0 Å². The first-order valence-electron chi connectivity index (χ1n) is 8.14. The van der Waals surface area contributed by atoms with Crippen molar-refractivity contribution in [1.29, 1.82) is 0 Å². The van der Waals surface area contributed by atoms with E-state index in [-0.39, 0.29) is 49.9 Å². The predicted molar refractivity (Wildman–Crippen MR) is 95.0 cm³/mol. The van der Waals surface area contributed by atoms with Gasteiger partial charge in [-0.1, -0.05) is 0 Å². The monoisotopic (exact) mass is 397 g/mol. The number of carbonyl (C=O) groups is 4. The predicted octanol–water partition coefficient (Wildman–Crippen LogP) is 1.69. The van der Waals surface area contributed by atoms with E-state index < -0.39 is 40.1 Å². The molecule has 0 bridgehead atoms. The molecule has 1 aromatic carbocycles. The number of phenols is 1. The van der Waals surface area contributed by atoms with Crippen molar-refractivity contribution in [2.24, 2.45) is 0 Å². The Hall–Kier alpha value is -3.70. The Morgan fingerprint density at radius 2 is 1.39 bits per heavy atom. The van der Waals surface area contributed by atoms with Crippen LogP contribution in [0.2, 0.25) is 0 Å². The standard InChI is InChI=1S/C16H19N3O9/c20-12(3-1-5-14(22)23)17-9-7-10(16(26)11(8-9)19(27)28)18-13(21)4-2-6-15(24)25/h7-8,26H,1-6H2,(H,17,20)(H,18,21)(H,22,23)(H,24,25). The summed E-state index contributed by atoms with van der Waals surface area (Å²) in [4.78, 5) is 54.7. The summed E-state index contributed by atoms with van der Waals surface area (Å²) >= 11 is 0. The van der Waals surface area contributed by atoms with Gasteiger partial charge < -0.3 is 26.0 Å². The highest BCUT2D eigenvalue weighted by Crippen LogP contribution is 2.37. The Labute approximate surface area is 158 Å². The maximum atomic E-state index is 11.8.